The van der Waals surface area contributed by atoms with E-state index in [1.165, 1.54) is 5.00 Å². The van der Waals surface area contributed by atoms with Crippen LogP contribution in [-0.4, -0.2) is 48.9 Å². The molecule has 0 saturated carbocycles. The van der Waals surface area contributed by atoms with Crippen molar-refractivity contribution >= 4 is 22.3 Å². The lowest BCUT2D eigenvalue weighted by Gasteiger charge is -2.33. The summed E-state index contributed by atoms with van der Waals surface area (Å²) < 4.78 is 10.8. The molecule has 2 aromatic heterocycles. The maximum atomic E-state index is 5.48. The first-order valence-electron chi connectivity index (χ1n) is 9.39. The van der Waals surface area contributed by atoms with Gasteiger partial charge in [0.2, 0.25) is 5.89 Å². The molecular formula is C18H28N6O2S. The maximum Gasteiger partial charge on any atom is 0.246 e. The number of guanidine groups is 1. The number of nitrogens with zero attached hydrogens (tertiary/aromatic N) is 4. The minimum absolute atomic E-state index is 0.168. The summed E-state index contributed by atoms with van der Waals surface area (Å²) in [6.45, 7) is 7.01. The largest absolute Gasteiger partial charge is 0.371 e. The molecule has 0 amide bonds. The standard InChI is InChI=1S/C18H28N6O2S/c1-4-25-13(2)17-22-15(26-23-17)12-20-18(19-3)21-14-7-9-24(10-8-14)16-6-5-11-27-16/h5-6,11,13-14H,4,7-10,12H2,1-3H3,(H2,19,20,21). The molecule has 27 heavy (non-hydrogen) atoms. The van der Waals surface area contributed by atoms with Crippen LogP contribution in [-0.2, 0) is 11.3 Å². The molecule has 1 atom stereocenters. The Hall–Kier alpha value is -2.13. The van der Waals surface area contributed by atoms with E-state index in [2.05, 4.69) is 48.2 Å². The number of hydrogen-bond donors (Lipinski definition) is 2. The van der Waals surface area contributed by atoms with Gasteiger partial charge in [0, 0.05) is 32.8 Å². The molecule has 9 heteroatoms. The highest BCUT2D eigenvalue weighted by molar-refractivity contribution is 7.14. The molecule has 1 fully saturated rings. The fourth-order valence-electron chi connectivity index (χ4n) is 3.07. The van der Waals surface area contributed by atoms with Crippen LogP contribution in [0.2, 0.25) is 0 Å². The van der Waals surface area contributed by atoms with Crippen molar-refractivity contribution in [3.8, 4) is 0 Å². The number of nitrogens with one attached hydrogen (secondary N) is 2. The van der Waals surface area contributed by atoms with E-state index >= 15 is 0 Å². The molecule has 8 nitrogen and oxygen atoms in total. The Morgan fingerprint density at radius 2 is 2.30 bits per heavy atom. The highest BCUT2D eigenvalue weighted by atomic mass is 32.1. The number of aromatic nitrogens is 2. The van der Waals surface area contributed by atoms with Gasteiger partial charge in [-0.1, -0.05) is 5.16 Å². The third kappa shape index (κ3) is 5.43. The van der Waals surface area contributed by atoms with E-state index in [0.717, 1.165) is 31.9 Å². The Balaban J connectivity index is 1.43. The highest BCUT2D eigenvalue weighted by Crippen LogP contribution is 2.24. The first kappa shape index (κ1) is 19.6. The van der Waals surface area contributed by atoms with Gasteiger partial charge in [-0.3, -0.25) is 4.99 Å². The molecule has 0 aliphatic carbocycles. The number of anilines is 1. The zero-order valence-corrected chi connectivity index (χ0v) is 17.0. The van der Waals surface area contributed by atoms with Crippen LogP contribution in [0.5, 0.6) is 0 Å². The first-order valence-corrected chi connectivity index (χ1v) is 10.3. The highest BCUT2D eigenvalue weighted by Gasteiger charge is 2.21. The third-order valence-corrected chi connectivity index (χ3v) is 5.48. The SMILES string of the molecule is CCOC(C)c1noc(CNC(=NC)NC2CCN(c3cccs3)CC2)n1. The van der Waals surface area contributed by atoms with Crippen molar-refractivity contribution in [3.63, 3.8) is 0 Å². The number of piperidine rings is 1. The fraction of sp³-hybridized carbons (Fsp3) is 0.611. The molecule has 0 radical (unpaired) electrons. The van der Waals surface area contributed by atoms with E-state index in [1.807, 2.05) is 13.8 Å². The Bertz CT molecular complexity index is 709. The average Bonchev–Trinajstić information content (AvgIpc) is 3.38. The minimum atomic E-state index is -0.168. The maximum absolute atomic E-state index is 5.48. The van der Waals surface area contributed by atoms with Gasteiger partial charge < -0.3 is 24.8 Å². The van der Waals surface area contributed by atoms with E-state index in [1.54, 1.807) is 18.4 Å². The van der Waals surface area contributed by atoms with Gasteiger partial charge in [0.15, 0.2) is 11.8 Å². The topological polar surface area (TPSA) is 87.8 Å². The van der Waals surface area contributed by atoms with E-state index in [-0.39, 0.29) is 6.10 Å². The number of ether oxygens (including phenoxy) is 1. The number of rotatable bonds is 7. The molecule has 0 bridgehead atoms. The molecule has 0 spiro atoms. The van der Waals surface area contributed by atoms with Crippen molar-refractivity contribution in [2.75, 3.05) is 31.6 Å². The quantitative estimate of drug-likeness (QED) is 0.553. The number of hydrogen-bond acceptors (Lipinski definition) is 7. The Labute approximate surface area is 164 Å². The molecular weight excluding hydrogens is 364 g/mol. The van der Waals surface area contributed by atoms with Gasteiger partial charge in [0.05, 0.1) is 11.5 Å². The van der Waals surface area contributed by atoms with Crippen molar-refractivity contribution < 1.29 is 9.26 Å². The lowest BCUT2D eigenvalue weighted by molar-refractivity contribution is 0.0683. The Morgan fingerprint density at radius 3 is 2.96 bits per heavy atom. The lowest BCUT2D eigenvalue weighted by atomic mass is 10.1. The summed E-state index contributed by atoms with van der Waals surface area (Å²) in [5, 5.41) is 14.2. The van der Waals surface area contributed by atoms with Gasteiger partial charge in [0.1, 0.15) is 6.10 Å². The van der Waals surface area contributed by atoms with Crippen LogP contribution in [0.15, 0.2) is 27.0 Å². The summed E-state index contributed by atoms with van der Waals surface area (Å²) in [7, 11) is 1.77. The van der Waals surface area contributed by atoms with E-state index in [0.29, 0.717) is 30.9 Å². The smallest absolute Gasteiger partial charge is 0.246 e. The summed E-state index contributed by atoms with van der Waals surface area (Å²) in [5.74, 6) is 1.84. The van der Waals surface area contributed by atoms with E-state index in [9.17, 15) is 0 Å². The average molecular weight is 393 g/mol. The molecule has 2 N–H and O–H groups in total. The number of aliphatic imine (C=N–C) groups is 1. The van der Waals surface area contributed by atoms with Crippen molar-refractivity contribution in [2.45, 2.75) is 45.4 Å². The lowest BCUT2D eigenvalue weighted by Crippen LogP contribution is -2.48. The fourth-order valence-corrected chi connectivity index (χ4v) is 3.86. The first-order chi connectivity index (χ1) is 13.2. The van der Waals surface area contributed by atoms with Crippen molar-refractivity contribution in [3.05, 3.63) is 29.2 Å². The second kappa shape index (κ2) is 9.70. The Kier molecular flexibility index (Phi) is 7.05. The van der Waals surface area contributed by atoms with E-state index < -0.39 is 0 Å². The van der Waals surface area contributed by atoms with Crippen molar-refractivity contribution in [1.29, 1.82) is 0 Å². The predicted molar refractivity (Wildman–Crippen MR) is 107 cm³/mol. The van der Waals surface area contributed by atoms with Crippen molar-refractivity contribution in [2.24, 2.45) is 4.99 Å². The van der Waals surface area contributed by atoms with Gasteiger partial charge in [-0.25, -0.2) is 0 Å². The summed E-state index contributed by atoms with van der Waals surface area (Å²) in [4.78, 5) is 11.1. The van der Waals surface area contributed by atoms with Crippen LogP contribution >= 0.6 is 11.3 Å². The van der Waals surface area contributed by atoms with Crippen LogP contribution in [0, 0.1) is 0 Å². The predicted octanol–water partition coefficient (Wildman–Crippen LogP) is 2.56. The van der Waals surface area contributed by atoms with E-state index in [4.69, 9.17) is 9.26 Å². The second-order valence-electron chi connectivity index (χ2n) is 6.43. The molecule has 1 aliphatic rings. The normalized spacial score (nSPS) is 17.1. The molecule has 1 aliphatic heterocycles. The molecule has 1 unspecified atom stereocenters. The summed E-state index contributed by atoms with van der Waals surface area (Å²) in [6, 6.07) is 4.70. The van der Waals surface area contributed by atoms with Crippen LogP contribution in [0.25, 0.3) is 0 Å². The van der Waals surface area contributed by atoms with Crippen LogP contribution < -0.4 is 15.5 Å². The van der Waals surface area contributed by atoms with Crippen molar-refractivity contribution in [1.82, 2.24) is 20.8 Å². The zero-order valence-electron chi connectivity index (χ0n) is 16.1. The number of thiophene rings is 1. The zero-order chi connectivity index (χ0) is 19.1. The molecule has 148 valence electrons. The summed E-state index contributed by atoms with van der Waals surface area (Å²) in [5.41, 5.74) is 0. The van der Waals surface area contributed by atoms with Gasteiger partial charge in [-0.2, -0.15) is 4.98 Å². The van der Waals surface area contributed by atoms with Gasteiger partial charge in [-0.05, 0) is 44.2 Å². The monoisotopic (exact) mass is 392 g/mol. The van der Waals surface area contributed by atoms with Gasteiger partial charge in [-0.15, -0.1) is 11.3 Å². The molecule has 3 rings (SSSR count). The molecule has 2 aromatic rings. The van der Waals surface area contributed by atoms with Crippen LogP contribution in [0.3, 0.4) is 0 Å². The van der Waals surface area contributed by atoms with Crippen LogP contribution in [0.4, 0.5) is 5.00 Å². The molecule has 0 aromatic carbocycles. The van der Waals surface area contributed by atoms with Gasteiger partial charge in [0.25, 0.3) is 0 Å². The third-order valence-electron chi connectivity index (χ3n) is 4.55. The minimum Gasteiger partial charge on any atom is -0.371 e. The second-order valence-corrected chi connectivity index (χ2v) is 7.35. The summed E-state index contributed by atoms with van der Waals surface area (Å²) in [6.07, 6.45) is 1.99. The van der Waals surface area contributed by atoms with Gasteiger partial charge >= 0.3 is 0 Å². The molecule has 3 heterocycles. The van der Waals surface area contributed by atoms with Crippen LogP contribution in [0.1, 0.15) is 44.5 Å². The molecule has 1 saturated heterocycles. The summed E-state index contributed by atoms with van der Waals surface area (Å²) >= 11 is 1.80. The Morgan fingerprint density at radius 1 is 1.48 bits per heavy atom.